The van der Waals surface area contributed by atoms with Crippen molar-refractivity contribution in [1.29, 1.82) is 0 Å². The maximum Gasteiger partial charge on any atom is 0.417 e. The third-order valence-electron chi connectivity index (χ3n) is 4.16. The van der Waals surface area contributed by atoms with Gasteiger partial charge in [0.15, 0.2) is 0 Å². The highest BCUT2D eigenvalue weighted by atomic mass is 19.4. The summed E-state index contributed by atoms with van der Waals surface area (Å²) in [6.07, 6.45) is -0.694. The number of anilines is 1. The van der Waals surface area contributed by atoms with Crippen LogP contribution in [0.2, 0.25) is 0 Å². The predicted molar refractivity (Wildman–Crippen MR) is 88.3 cm³/mol. The molecule has 0 unspecified atom stereocenters. The number of aryl methyl sites for hydroxylation is 2. The number of nitrogens with zero attached hydrogens (tertiary/aromatic N) is 2. The Morgan fingerprint density at radius 2 is 1.92 bits per heavy atom. The fourth-order valence-corrected chi connectivity index (χ4v) is 3.02. The van der Waals surface area contributed by atoms with E-state index in [2.05, 4.69) is 34.6 Å². The molecule has 1 aliphatic carbocycles. The van der Waals surface area contributed by atoms with Gasteiger partial charge in [-0.05, 0) is 62.4 Å². The normalized spacial score (nSPS) is 16.1. The summed E-state index contributed by atoms with van der Waals surface area (Å²) in [6, 6.07) is 6.56. The monoisotopic (exact) mass is 333 g/mol. The number of benzene rings is 1. The van der Waals surface area contributed by atoms with Crippen LogP contribution in [-0.4, -0.2) is 10.7 Å². The van der Waals surface area contributed by atoms with E-state index in [-0.39, 0.29) is 0 Å². The quantitative estimate of drug-likeness (QED) is 0.796. The summed E-state index contributed by atoms with van der Waals surface area (Å²) in [5, 5.41) is 4.39. The number of nitrogens with one attached hydrogen (secondary N) is 1. The van der Waals surface area contributed by atoms with Gasteiger partial charge in [-0.3, -0.25) is 5.43 Å². The van der Waals surface area contributed by atoms with Crippen molar-refractivity contribution < 1.29 is 13.2 Å². The standard InChI is InChI=1S/C18H18F3N3/c1-11-8-12(2)14-4-3-5-16(15(14)9-11)23-24-17-7-6-13(10-22-17)18(19,20)21/h6-10H,3-5H2,1-2H3,(H,22,24). The van der Waals surface area contributed by atoms with Gasteiger partial charge in [0.2, 0.25) is 0 Å². The zero-order chi connectivity index (χ0) is 17.3. The lowest BCUT2D eigenvalue weighted by Gasteiger charge is -2.20. The summed E-state index contributed by atoms with van der Waals surface area (Å²) in [6.45, 7) is 4.14. The SMILES string of the molecule is Cc1cc(C)c2c(c1)C(=NNc1ccc(C(F)(F)F)cn1)CCC2. The van der Waals surface area contributed by atoms with Crippen LogP contribution < -0.4 is 5.43 Å². The summed E-state index contributed by atoms with van der Waals surface area (Å²) < 4.78 is 37.6. The number of pyridine rings is 1. The second-order valence-corrected chi connectivity index (χ2v) is 6.06. The molecule has 0 atom stereocenters. The average Bonchev–Trinajstić information content (AvgIpc) is 2.52. The lowest BCUT2D eigenvalue weighted by Crippen LogP contribution is -2.15. The van der Waals surface area contributed by atoms with Gasteiger partial charge in [-0.2, -0.15) is 18.3 Å². The van der Waals surface area contributed by atoms with Crippen LogP contribution >= 0.6 is 0 Å². The van der Waals surface area contributed by atoms with Gasteiger partial charge < -0.3 is 0 Å². The average molecular weight is 333 g/mol. The first-order valence-electron chi connectivity index (χ1n) is 7.81. The number of hydrogen-bond donors (Lipinski definition) is 1. The molecule has 6 heteroatoms. The van der Waals surface area contributed by atoms with Gasteiger partial charge in [0.25, 0.3) is 0 Å². The second-order valence-electron chi connectivity index (χ2n) is 6.06. The number of rotatable bonds is 2. The van der Waals surface area contributed by atoms with E-state index < -0.39 is 11.7 Å². The molecule has 0 amide bonds. The molecule has 1 aromatic heterocycles. The molecule has 0 saturated carbocycles. The van der Waals surface area contributed by atoms with Crippen LogP contribution in [0.1, 0.15) is 40.7 Å². The van der Waals surface area contributed by atoms with Crippen molar-refractivity contribution in [2.24, 2.45) is 5.10 Å². The number of hydrazone groups is 1. The van der Waals surface area contributed by atoms with E-state index in [9.17, 15) is 13.2 Å². The first-order chi connectivity index (χ1) is 11.3. The molecule has 1 aliphatic rings. The third-order valence-corrected chi connectivity index (χ3v) is 4.16. The molecule has 126 valence electrons. The zero-order valence-electron chi connectivity index (χ0n) is 13.5. The first kappa shape index (κ1) is 16.5. The molecule has 3 nitrogen and oxygen atoms in total. The Kier molecular flexibility index (Phi) is 4.30. The van der Waals surface area contributed by atoms with Crippen LogP contribution in [0.5, 0.6) is 0 Å². The molecular formula is C18H18F3N3. The van der Waals surface area contributed by atoms with Gasteiger partial charge in [0.1, 0.15) is 5.82 Å². The van der Waals surface area contributed by atoms with Gasteiger partial charge in [0, 0.05) is 11.8 Å². The molecule has 1 heterocycles. The van der Waals surface area contributed by atoms with Crippen LogP contribution in [0.4, 0.5) is 19.0 Å². The maximum atomic E-state index is 12.5. The molecule has 0 fully saturated rings. The number of fused-ring (bicyclic) bond motifs is 1. The van der Waals surface area contributed by atoms with Crippen LogP contribution in [0.3, 0.4) is 0 Å². The summed E-state index contributed by atoms with van der Waals surface area (Å²) in [7, 11) is 0. The van der Waals surface area contributed by atoms with E-state index in [4.69, 9.17) is 0 Å². The van der Waals surface area contributed by atoms with E-state index in [1.807, 2.05) is 6.92 Å². The highest BCUT2D eigenvalue weighted by Gasteiger charge is 2.30. The molecular weight excluding hydrogens is 315 g/mol. The minimum Gasteiger partial charge on any atom is -0.261 e. The molecule has 24 heavy (non-hydrogen) atoms. The fourth-order valence-electron chi connectivity index (χ4n) is 3.02. The topological polar surface area (TPSA) is 37.3 Å². The highest BCUT2D eigenvalue weighted by molar-refractivity contribution is 6.03. The second kappa shape index (κ2) is 6.26. The molecule has 2 aromatic rings. The summed E-state index contributed by atoms with van der Waals surface area (Å²) in [5.74, 6) is 0.298. The summed E-state index contributed by atoms with van der Waals surface area (Å²) in [4.78, 5) is 3.78. The number of aromatic nitrogens is 1. The summed E-state index contributed by atoms with van der Waals surface area (Å²) >= 11 is 0. The van der Waals surface area contributed by atoms with Gasteiger partial charge >= 0.3 is 6.18 Å². The Hall–Kier alpha value is -2.37. The minimum atomic E-state index is -4.38. The van der Waals surface area contributed by atoms with Gasteiger partial charge in [0.05, 0.1) is 11.3 Å². The van der Waals surface area contributed by atoms with Gasteiger partial charge in [-0.25, -0.2) is 4.98 Å². The first-order valence-corrected chi connectivity index (χ1v) is 7.81. The Bertz CT molecular complexity index is 777. The third kappa shape index (κ3) is 3.42. The lowest BCUT2D eigenvalue weighted by atomic mass is 9.86. The van der Waals surface area contributed by atoms with Crippen LogP contribution in [-0.2, 0) is 12.6 Å². The van der Waals surface area contributed by atoms with Crippen molar-refractivity contribution in [2.45, 2.75) is 39.3 Å². The minimum absolute atomic E-state index is 0.298. The smallest absolute Gasteiger partial charge is 0.261 e. The number of halogens is 3. The Labute approximate surface area is 138 Å². The van der Waals surface area contributed by atoms with E-state index in [0.29, 0.717) is 5.82 Å². The molecule has 3 rings (SSSR count). The Morgan fingerprint density at radius 3 is 2.58 bits per heavy atom. The van der Waals surface area contributed by atoms with Crippen molar-refractivity contribution >= 4 is 11.5 Å². The molecule has 0 bridgehead atoms. The van der Waals surface area contributed by atoms with Crippen molar-refractivity contribution in [3.05, 3.63) is 58.3 Å². The number of alkyl halides is 3. The van der Waals surface area contributed by atoms with Crippen molar-refractivity contribution in [2.75, 3.05) is 5.43 Å². The predicted octanol–water partition coefficient (Wildman–Crippen LogP) is 4.87. The Morgan fingerprint density at radius 1 is 1.12 bits per heavy atom. The lowest BCUT2D eigenvalue weighted by molar-refractivity contribution is -0.137. The molecule has 1 aromatic carbocycles. The van der Waals surface area contributed by atoms with E-state index in [1.165, 1.54) is 22.8 Å². The summed E-state index contributed by atoms with van der Waals surface area (Å²) in [5.41, 5.74) is 7.79. The van der Waals surface area contributed by atoms with Gasteiger partial charge in [-0.15, -0.1) is 0 Å². The van der Waals surface area contributed by atoms with E-state index >= 15 is 0 Å². The van der Waals surface area contributed by atoms with Crippen LogP contribution in [0.25, 0.3) is 0 Å². The molecule has 0 spiro atoms. The highest BCUT2D eigenvalue weighted by Crippen LogP contribution is 2.29. The van der Waals surface area contributed by atoms with Crippen LogP contribution in [0, 0.1) is 13.8 Å². The zero-order valence-corrected chi connectivity index (χ0v) is 13.5. The van der Waals surface area contributed by atoms with Crippen LogP contribution in [0.15, 0.2) is 35.6 Å². The van der Waals surface area contributed by atoms with E-state index in [1.54, 1.807) is 0 Å². The molecule has 0 aliphatic heterocycles. The molecule has 0 saturated heterocycles. The van der Waals surface area contributed by atoms with Crippen molar-refractivity contribution in [1.82, 2.24) is 4.98 Å². The Balaban J connectivity index is 1.84. The van der Waals surface area contributed by atoms with E-state index in [0.717, 1.165) is 42.8 Å². The molecule has 1 N–H and O–H groups in total. The number of hydrogen-bond acceptors (Lipinski definition) is 3. The fraction of sp³-hybridized carbons (Fsp3) is 0.333. The van der Waals surface area contributed by atoms with Crippen molar-refractivity contribution in [3.8, 4) is 0 Å². The van der Waals surface area contributed by atoms with Crippen molar-refractivity contribution in [3.63, 3.8) is 0 Å². The largest absolute Gasteiger partial charge is 0.417 e. The maximum absolute atomic E-state index is 12.5. The molecule has 0 radical (unpaired) electrons. The van der Waals surface area contributed by atoms with Gasteiger partial charge in [-0.1, -0.05) is 11.6 Å².